The van der Waals surface area contributed by atoms with Crippen LogP contribution in [-0.2, 0) is 7.05 Å². The minimum atomic E-state index is -0.441. The predicted octanol–water partition coefficient (Wildman–Crippen LogP) is 2.46. The average Bonchev–Trinajstić information content (AvgIpc) is 2.63. The Morgan fingerprint density at radius 1 is 1.15 bits per heavy atom. The topological polar surface area (TPSA) is 61.2 Å². The molecule has 0 unspecified atom stereocenters. The van der Waals surface area contributed by atoms with Gasteiger partial charge in [-0.1, -0.05) is 0 Å². The molecule has 0 aliphatic rings. The summed E-state index contributed by atoms with van der Waals surface area (Å²) >= 11 is 0. The lowest BCUT2D eigenvalue weighted by Gasteiger charge is -2.05. The van der Waals surface area contributed by atoms with Crippen LogP contribution in [0.15, 0.2) is 24.3 Å². The van der Waals surface area contributed by atoms with Gasteiger partial charge in [-0.2, -0.15) is 5.10 Å². The number of carbonyl (C=O) groups is 2. The maximum absolute atomic E-state index is 12.1. The largest absolute Gasteiger partial charge is 0.423 e. The Hall–Kier alpha value is -2.43. The van der Waals surface area contributed by atoms with Crippen LogP contribution in [-0.4, -0.2) is 21.5 Å². The van der Waals surface area contributed by atoms with Crippen LogP contribution in [0.1, 0.15) is 39.0 Å². The van der Waals surface area contributed by atoms with Gasteiger partial charge in [-0.25, -0.2) is 4.79 Å². The van der Waals surface area contributed by atoms with Crippen molar-refractivity contribution in [3.63, 3.8) is 0 Å². The molecule has 0 aliphatic carbocycles. The summed E-state index contributed by atoms with van der Waals surface area (Å²) in [6, 6.07) is 6.48. The number of ketones is 1. The Balaban J connectivity index is 2.21. The molecule has 1 aromatic carbocycles. The molecule has 0 atom stereocenters. The van der Waals surface area contributed by atoms with Gasteiger partial charge in [-0.05, 0) is 45.0 Å². The van der Waals surface area contributed by atoms with Gasteiger partial charge in [0.15, 0.2) is 5.78 Å². The monoisotopic (exact) mass is 272 g/mol. The first-order chi connectivity index (χ1) is 9.40. The van der Waals surface area contributed by atoms with Crippen LogP contribution in [0.5, 0.6) is 5.75 Å². The van der Waals surface area contributed by atoms with E-state index in [2.05, 4.69) is 5.10 Å². The molecule has 5 nitrogen and oxygen atoms in total. The van der Waals surface area contributed by atoms with E-state index in [0.29, 0.717) is 22.6 Å². The SMILES string of the molecule is CC(=O)c1ccc(OC(=O)c2c(C)nn(C)c2C)cc1. The van der Waals surface area contributed by atoms with E-state index in [4.69, 9.17) is 4.74 Å². The van der Waals surface area contributed by atoms with E-state index in [1.807, 2.05) is 6.92 Å². The van der Waals surface area contributed by atoms with E-state index in [9.17, 15) is 9.59 Å². The summed E-state index contributed by atoms with van der Waals surface area (Å²) in [4.78, 5) is 23.3. The van der Waals surface area contributed by atoms with Crippen molar-refractivity contribution >= 4 is 11.8 Å². The molecule has 1 aromatic heterocycles. The number of rotatable bonds is 3. The highest BCUT2D eigenvalue weighted by atomic mass is 16.5. The third kappa shape index (κ3) is 2.61. The summed E-state index contributed by atoms with van der Waals surface area (Å²) < 4.78 is 6.95. The van der Waals surface area contributed by atoms with Gasteiger partial charge < -0.3 is 4.74 Å². The van der Waals surface area contributed by atoms with Crippen molar-refractivity contribution in [1.29, 1.82) is 0 Å². The molecule has 0 N–H and O–H groups in total. The van der Waals surface area contributed by atoms with Gasteiger partial charge >= 0.3 is 5.97 Å². The Morgan fingerprint density at radius 2 is 1.75 bits per heavy atom. The second-order valence-corrected chi connectivity index (χ2v) is 4.64. The molecule has 0 fully saturated rings. The van der Waals surface area contributed by atoms with Gasteiger partial charge in [0.25, 0.3) is 0 Å². The van der Waals surface area contributed by atoms with E-state index in [-0.39, 0.29) is 5.78 Å². The molecule has 104 valence electrons. The second-order valence-electron chi connectivity index (χ2n) is 4.64. The number of nitrogens with zero attached hydrogens (tertiary/aromatic N) is 2. The maximum atomic E-state index is 12.1. The van der Waals surface area contributed by atoms with Gasteiger partial charge in [0.1, 0.15) is 11.3 Å². The number of hydrogen-bond acceptors (Lipinski definition) is 4. The molecule has 5 heteroatoms. The fourth-order valence-corrected chi connectivity index (χ4v) is 1.98. The number of ether oxygens (including phenoxy) is 1. The zero-order valence-corrected chi connectivity index (χ0v) is 11.9. The van der Waals surface area contributed by atoms with Gasteiger partial charge in [0.05, 0.1) is 5.69 Å². The maximum Gasteiger partial charge on any atom is 0.347 e. The lowest BCUT2D eigenvalue weighted by molar-refractivity contribution is 0.0733. The van der Waals surface area contributed by atoms with E-state index in [0.717, 1.165) is 5.69 Å². The van der Waals surface area contributed by atoms with Crippen LogP contribution >= 0.6 is 0 Å². The number of Topliss-reactive ketones (excluding diaryl/α,β-unsaturated/α-hetero) is 1. The summed E-state index contributed by atoms with van der Waals surface area (Å²) in [5, 5.41) is 4.18. The van der Waals surface area contributed by atoms with Gasteiger partial charge in [-0.15, -0.1) is 0 Å². The molecule has 0 amide bonds. The Bertz CT molecular complexity index is 669. The van der Waals surface area contributed by atoms with Crippen LogP contribution in [0.3, 0.4) is 0 Å². The van der Waals surface area contributed by atoms with Gasteiger partial charge in [-0.3, -0.25) is 9.48 Å². The Labute approximate surface area is 117 Å². The molecule has 2 aromatic rings. The van der Waals surface area contributed by atoms with Crippen LogP contribution < -0.4 is 4.74 Å². The van der Waals surface area contributed by atoms with E-state index >= 15 is 0 Å². The molecular weight excluding hydrogens is 256 g/mol. The molecule has 0 spiro atoms. The van der Waals surface area contributed by atoms with E-state index in [1.54, 1.807) is 42.9 Å². The van der Waals surface area contributed by atoms with Gasteiger partial charge in [0, 0.05) is 18.3 Å². The predicted molar refractivity (Wildman–Crippen MR) is 74.1 cm³/mol. The molecule has 20 heavy (non-hydrogen) atoms. The minimum Gasteiger partial charge on any atom is -0.423 e. The summed E-state index contributed by atoms with van der Waals surface area (Å²) in [5.74, 6) is -0.0619. The Kier molecular flexibility index (Phi) is 3.70. The molecular formula is C15H16N2O3. The van der Waals surface area contributed by atoms with Crippen molar-refractivity contribution in [3.05, 3.63) is 46.8 Å². The normalized spacial score (nSPS) is 10.4. The summed E-state index contributed by atoms with van der Waals surface area (Å²) in [6.45, 7) is 5.07. The first-order valence-electron chi connectivity index (χ1n) is 6.23. The van der Waals surface area contributed by atoms with Crippen molar-refractivity contribution in [2.45, 2.75) is 20.8 Å². The highest BCUT2D eigenvalue weighted by Crippen LogP contribution is 2.18. The highest BCUT2D eigenvalue weighted by molar-refractivity contribution is 5.95. The fraction of sp³-hybridized carbons (Fsp3) is 0.267. The number of benzene rings is 1. The first-order valence-corrected chi connectivity index (χ1v) is 6.23. The standard InChI is InChI=1S/C15H16N2O3/c1-9-14(10(2)17(4)16-9)15(19)20-13-7-5-12(6-8-13)11(3)18/h5-8H,1-4H3. The third-order valence-electron chi connectivity index (χ3n) is 3.18. The summed E-state index contributed by atoms with van der Waals surface area (Å²) in [5.41, 5.74) is 2.45. The third-order valence-corrected chi connectivity index (χ3v) is 3.18. The van der Waals surface area contributed by atoms with E-state index in [1.165, 1.54) is 6.92 Å². The van der Waals surface area contributed by atoms with Crippen molar-refractivity contribution in [1.82, 2.24) is 9.78 Å². The minimum absolute atomic E-state index is 0.0261. The second kappa shape index (κ2) is 5.28. The number of esters is 1. The zero-order chi connectivity index (χ0) is 14.9. The van der Waals surface area contributed by atoms with Crippen LogP contribution in [0, 0.1) is 13.8 Å². The lowest BCUT2D eigenvalue weighted by atomic mass is 10.1. The molecule has 2 rings (SSSR count). The Morgan fingerprint density at radius 3 is 2.20 bits per heavy atom. The molecule has 0 bridgehead atoms. The highest BCUT2D eigenvalue weighted by Gasteiger charge is 2.19. The van der Waals surface area contributed by atoms with Crippen molar-refractivity contribution < 1.29 is 14.3 Å². The lowest BCUT2D eigenvalue weighted by Crippen LogP contribution is -2.11. The smallest absolute Gasteiger partial charge is 0.347 e. The number of hydrogen-bond donors (Lipinski definition) is 0. The number of aromatic nitrogens is 2. The van der Waals surface area contributed by atoms with Gasteiger partial charge in [0.2, 0.25) is 0 Å². The molecule has 0 radical (unpaired) electrons. The summed E-state index contributed by atoms with van der Waals surface area (Å²) in [6.07, 6.45) is 0. The van der Waals surface area contributed by atoms with Crippen molar-refractivity contribution in [2.24, 2.45) is 7.05 Å². The first kappa shape index (κ1) is 14.0. The number of carbonyl (C=O) groups excluding carboxylic acids is 2. The fourth-order valence-electron chi connectivity index (χ4n) is 1.98. The van der Waals surface area contributed by atoms with Crippen LogP contribution in [0.4, 0.5) is 0 Å². The van der Waals surface area contributed by atoms with Crippen LogP contribution in [0.25, 0.3) is 0 Å². The average molecular weight is 272 g/mol. The van der Waals surface area contributed by atoms with Crippen LogP contribution in [0.2, 0.25) is 0 Å². The van der Waals surface area contributed by atoms with E-state index < -0.39 is 5.97 Å². The molecule has 1 heterocycles. The molecule has 0 aliphatic heterocycles. The molecule has 0 saturated heterocycles. The summed E-state index contributed by atoms with van der Waals surface area (Å²) in [7, 11) is 1.78. The number of aryl methyl sites for hydroxylation is 2. The zero-order valence-electron chi connectivity index (χ0n) is 11.9. The van der Waals surface area contributed by atoms with Crippen molar-refractivity contribution in [3.8, 4) is 5.75 Å². The van der Waals surface area contributed by atoms with Crippen molar-refractivity contribution in [2.75, 3.05) is 0 Å². The quantitative estimate of drug-likeness (QED) is 0.489. The molecule has 0 saturated carbocycles.